The molecule has 3 aromatic rings. The molecule has 9 nitrogen and oxygen atoms in total. The van der Waals surface area contributed by atoms with Crippen LogP contribution in [0, 0.1) is 0 Å². The molecule has 174 valence electrons. The normalized spacial score (nSPS) is 11.6. The Bertz CT molecular complexity index is 1120. The Morgan fingerprint density at radius 3 is 2.55 bits per heavy atom. The van der Waals surface area contributed by atoms with Gasteiger partial charge in [-0.2, -0.15) is 0 Å². The third-order valence-electron chi connectivity index (χ3n) is 4.79. The Morgan fingerprint density at radius 1 is 1.15 bits per heavy atom. The van der Waals surface area contributed by atoms with Crippen LogP contribution in [-0.2, 0) is 16.0 Å². The number of nitrogens with one attached hydrogen (secondary N) is 2. The summed E-state index contributed by atoms with van der Waals surface area (Å²) in [5.41, 5.74) is 2.21. The second-order valence-corrected chi connectivity index (χ2v) is 7.63. The van der Waals surface area contributed by atoms with Crippen molar-refractivity contribution in [3.63, 3.8) is 0 Å². The third-order valence-corrected chi connectivity index (χ3v) is 5.06. The van der Waals surface area contributed by atoms with Crippen LogP contribution < -0.4 is 20.1 Å². The van der Waals surface area contributed by atoms with Crippen molar-refractivity contribution in [1.82, 2.24) is 15.3 Å². The van der Waals surface area contributed by atoms with Crippen molar-refractivity contribution in [2.45, 2.75) is 25.8 Å². The largest absolute Gasteiger partial charge is 0.493 e. The molecular formula is C23H25ClN4O5. The van der Waals surface area contributed by atoms with E-state index in [9.17, 15) is 14.7 Å². The smallest absolute Gasteiger partial charge is 0.326 e. The molecule has 0 aliphatic carbocycles. The molecule has 0 spiro atoms. The number of hydrogen-bond acceptors (Lipinski definition) is 7. The molecule has 1 heterocycles. The molecule has 1 atom stereocenters. The Balaban J connectivity index is 1.81. The van der Waals surface area contributed by atoms with Gasteiger partial charge in [-0.05, 0) is 30.2 Å². The molecule has 0 bridgehead atoms. The zero-order valence-electron chi connectivity index (χ0n) is 18.3. The minimum atomic E-state index is -1.08. The van der Waals surface area contributed by atoms with Gasteiger partial charge in [-0.15, -0.1) is 11.6 Å². The van der Waals surface area contributed by atoms with Crippen molar-refractivity contribution in [3.8, 4) is 11.5 Å². The lowest BCUT2D eigenvalue weighted by Gasteiger charge is -2.15. The van der Waals surface area contributed by atoms with Gasteiger partial charge in [-0.1, -0.05) is 12.1 Å². The molecule has 2 aromatic carbocycles. The molecule has 33 heavy (non-hydrogen) atoms. The summed E-state index contributed by atoms with van der Waals surface area (Å²) in [5.74, 6) is 0.747. The van der Waals surface area contributed by atoms with Crippen LogP contribution >= 0.6 is 11.6 Å². The maximum absolute atomic E-state index is 11.4. The van der Waals surface area contributed by atoms with Crippen molar-refractivity contribution in [2.24, 2.45) is 0 Å². The maximum Gasteiger partial charge on any atom is 0.326 e. The standard InChI is InChI=1S/C23H25ClN4O5/c1-14(29)27-19(23(30)31)10-15-4-6-16(7-5-15)28-22-17-11-21(33-9-3-8-24)20(32-2)12-18(17)25-13-26-22/h4-7,11-13,19H,3,8-10H2,1-2H3,(H,27,29)(H,30,31)(H,25,26,28). The highest BCUT2D eigenvalue weighted by Crippen LogP contribution is 2.34. The lowest BCUT2D eigenvalue weighted by molar-refractivity contribution is -0.141. The number of carboxylic acids is 1. The minimum absolute atomic E-state index is 0.175. The van der Waals surface area contributed by atoms with E-state index in [-0.39, 0.29) is 12.3 Å². The number of hydrogen-bond donors (Lipinski definition) is 3. The summed E-state index contributed by atoms with van der Waals surface area (Å²) in [6.45, 7) is 1.75. The number of aliphatic carboxylic acids is 1. The van der Waals surface area contributed by atoms with Crippen molar-refractivity contribution in [3.05, 3.63) is 48.3 Å². The van der Waals surface area contributed by atoms with Gasteiger partial charge in [0.2, 0.25) is 5.91 Å². The summed E-state index contributed by atoms with van der Waals surface area (Å²) in [5, 5.41) is 15.7. The molecule has 0 saturated heterocycles. The third kappa shape index (κ3) is 6.45. The molecule has 3 rings (SSSR count). The number of amides is 1. The highest BCUT2D eigenvalue weighted by molar-refractivity contribution is 6.17. The fraction of sp³-hybridized carbons (Fsp3) is 0.304. The summed E-state index contributed by atoms with van der Waals surface area (Å²) in [6, 6.07) is 9.86. The number of aromatic nitrogens is 2. The highest BCUT2D eigenvalue weighted by Gasteiger charge is 2.19. The van der Waals surface area contributed by atoms with E-state index in [0.717, 1.165) is 16.6 Å². The molecule has 10 heteroatoms. The molecular weight excluding hydrogens is 448 g/mol. The van der Waals surface area contributed by atoms with Crippen LogP contribution in [-0.4, -0.2) is 52.6 Å². The number of anilines is 2. The number of methoxy groups -OCH3 is 1. The molecule has 0 fully saturated rings. The fourth-order valence-corrected chi connectivity index (χ4v) is 3.32. The van der Waals surface area contributed by atoms with Gasteiger partial charge in [0.1, 0.15) is 18.2 Å². The number of halogens is 1. The van der Waals surface area contributed by atoms with Gasteiger partial charge >= 0.3 is 5.97 Å². The fourth-order valence-electron chi connectivity index (χ4n) is 3.21. The topological polar surface area (TPSA) is 123 Å². The minimum Gasteiger partial charge on any atom is -0.493 e. The molecule has 0 radical (unpaired) electrons. The van der Waals surface area contributed by atoms with Crippen molar-refractivity contribution in [1.29, 1.82) is 0 Å². The summed E-state index contributed by atoms with van der Waals surface area (Å²) in [4.78, 5) is 31.3. The number of ether oxygens (including phenoxy) is 2. The number of alkyl halides is 1. The molecule has 0 aliphatic heterocycles. The highest BCUT2D eigenvalue weighted by atomic mass is 35.5. The van der Waals surface area contributed by atoms with E-state index >= 15 is 0 Å². The molecule has 1 unspecified atom stereocenters. The van der Waals surface area contributed by atoms with Crippen molar-refractivity contribution < 1.29 is 24.2 Å². The Hall–Kier alpha value is -3.59. The summed E-state index contributed by atoms with van der Waals surface area (Å²) in [6.07, 6.45) is 2.34. The zero-order chi connectivity index (χ0) is 23.8. The second-order valence-electron chi connectivity index (χ2n) is 7.25. The lowest BCUT2D eigenvalue weighted by Crippen LogP contribution is -2.41. The van der Waals surface area contributed by atoms with Crippen LogP contribution in [0.5, 0.6) is 11.5 Å². The van der Waals surface area contributed by atoms with Gasteiger partial charge in [-0.3, -0.25) is 4.79 Å². The van der Waals surface area contributed by atoms with Gasteiger partial charge in [0.25, 0.3) is 0 Å². The first-order valence-corrected chi connectivity index (χ1v) is 10.8. The van der Waals surface area contributed by atoms with Crippen LogP contribution in [0.2, 0.25) is 0 Å². The van der Waals surface area contributed by atoms with Crippen LogP contribution in [0.1, 0.15) is 18.9 Å². The Kier molecular flexibility index (Phi) is 8.26. The molecule has 3 N–H and O–H groups in total. The zero-order valence-corrected chi connectivity index (χ0v) is 19.1. The summed E-state index contributed by atoms with van der Waals surface area (Å²) >= 11 is 5.74. The van der Waals surface area contributed by atoms with E-state index in [0.29, 0.717) is 41.7 Å². The summed E-state index contributed by atoms with van der Waals surface area (Å²) in [7, 11) is 1.57. The SMILES string of the molecule is COc1cc2ncnc(Nc3ccc(CC(NC(C)=O)C(=O)O)cc3)c2cc1OCCCCl. The number of carboxylic acid groups (broad SMARTS) is 1. The second kappa shape index (κ2) is 11.3. The van der Waals surface area contributed by atoms with Crippen molar-refractivity contribution in [2.75, 3.05) is 24.9 Å². The lowest BCUT2D eigenvalue weighted by atomic mass is 10.1. The average Bonchev–Trinajstić information content (AvgIpc) is 2.79. The molecule has 0 aliphatic rings. The van der Waals surface area contributed by atoms with E-state index in [2.05, 4.69) is 20.6 Å². The number of nitrogens with zero attached hydrogens (tertiary/aromatic N) is 2. The number of benzene rings is 2. The number of rotatable bonds is 11. The van der Waals surface area contributed by atoms with E-state index < -0.39 is 12.0 Å². The first-order chi connectivity index (χ1) is 15.9. The van der Waals surface area contributed by atoms with Crippen molar-refractivity contribution >= 4 is 45.9 Å². The molecule has 1 amide bonds. The number of carbonyl (C=O) groups is 2. The summed E-state index contributed by atoms with van der Waals surface area (Å²) < 4.78 is 11.2. The van der Waals surface area contributed by atoms with E-state index in [1.807, 2.05) is 18.2 Å². The van der Waals surface area contributed by atoms with Gasteiger partial charge in [0, 0.05) is 36.4 Å². The Labute approximate surface area is 196 Å². The number of carbonyl (C=O) groups excluding carboxylic acids is 1. The number of fused-ring (bicyclic) bond motifs is 1. The van der Waals surface area contributed by atoms with Crippen LogP contribution in [0.15, 0.2) is 42.7 Å². The van der Waals surface area contributed by atoms with E-state index in [1.54, 1.807) is 25.3 Å². The van der Waals surface area contributed by atoms with Gasteiger partial charge in [0.15, 0.2) is 11.5 Å². The maximum atomic E-state index is 11.4. The van der Waals surface area contributed by atoms with Crippen LogP contribution in [0.3, 0.4) is 0 Å². The predicted molar refractivity (Wildman–Crippen MR) is 126 cm³/mol. The van der Waals surface area contributed by atoms with Crippen LogP contribution in [0.4, 0.5) is 11.5 Å². The van der Waals surface area contributed by atoms with E-state index in [4.69, 9.17) is 21.1 Å². The monoisotopic (exact) mass is 472 g/mol. The van der Waals surface area contributed by atoms with Gasteiger partial charge < -0.3 is 25.2 Å². The molecule has 0 saturated carbocycles. The van der Waals surface area contributed by atoms with Gasteiger partial charge in [-0.25, -0.2) is 14.8 Å². The average molecular weight is 473 g/mol. The quantitative estimate of drug-likeness (QED) is 0.286. The first-order valence-electron chi connectivity index (χ1n) is 10.3. The Morgan fingerprint density at radius 2 is 1.91 bits per heavy atom. The van der Waals surface area contributed by atoms with Gasteiger partial charge in [0.05, 0.1) is 19.2 Å². The molecule has 1 aromatic heterocycles. The predicted octanol–water partition coefficient (Wildman–Crippen LogP) is 3.52. The van der Waals surface area contributed by atoms with E-state index in [1.165, 1.54) is 13.3 Å². The van der Waals surface area contributed by atoms with Crippen LogP contribution in [0.25, 0.3) is 10.9 Å². The first kappa shape index (κ1) is 24.1.